The number of Topliss-reactive ketones (excluding diaryl/α,β-unsaturated/α-hetero) is 1. The first kappa shape index (κ1) is 20.7. The van der Waals surface area contributed by atoms with Crippen molar-refractivity contribution < 1.29 is 34.8 Å². The highest BCUT2D eigenvalue weighted by Gasteiger charge is 2.81. The van der Waals surface area contributed by atoms with Gasteiger partial charge in [-0.25, -0.2) is 0 Å². The number of carbonyl (C=O) groups excluding carboxylic acids is 2. The first-order valence-electron chi connectivity index (χ1n) is 10.1. The van der Waals surface area contributed by atoms with E-state index in [-0.39, 0.29) is 24.4 Å². The molecule has 0 heterocycles. The van der Waals surface area contributed by atoms with Crippen molar-refractivity contribution in [3.05, 3.63) is 23.3 Å². The highest BCUT2D eigenvalue weighted by molar-refractivity contribution is 5.95. The molecule has 0 aliphatic heterocycles. The second kappa shape index (κ2) is 5.78. The molecule has 0 aromatic rings. The van der Waals surface area contributed by atoms with Gasteiger partial charge in [0.05, 0.1) is 11.0 Å². The molecule has 2 fully saturated rings. The summed E-state index contributed by atoms with van der Waals surface area (Å²) in [6.07, 6.45) is 0.345. The largest absolute Gasteiger partial charge is 0.461 e. The Balaban J connectivity index is 1.95. The highest BCUT2D eigenvalue weighted by atomic mass is 16.5. The van der Waals surface area contributed by atoms with Crippen LogP contribution in [0.3, 0.4) is 0 Å². The minimum Gasteiger partial charge on any atom is -0.461 e. The number of allylic oxidation sites excluding steroid dienone is 1. The molecule has 7 heteroatoms. The summed E-state index contributed by atoms with van der Waals surface area (Å²) in [4.78, 5) is 25.3. The monoisotopic (exact) mass is 406 g/mol. The standard InChI is InChI=1S/C22H30O7/c1-10-7-20-11(2)8-21(27)15(19(21,4)5)14(18(20)26)6-13(9-29-12(3)23)17(25)22(20,28)16(10)24/h6-7,11,14-17,24-25,27-28H,8-9H2,1-5H3/t11?,14-,15+,16-,17+,20?,21-,22+/m0/s1. The molecule has 4 aliphatic carbocycles. The lowest BCUT2D eigenvalue weighted by Crippen LogP contribution is -2.65. The van der Waals surface area contributed by atoms with Crippen LogP contribution in [0, 0.1) is 28.6 Å². The van der Waals surface area contributed by atoms with Crippen LogP contribution in [-0.4, -0.2) is 62.2 Å². The Morgan fingerprint density at radius 1 is 1.24 bits per heavy atom. The zero-order valence-electron chi connectivity index (χ0n) is 17.5. The van der Waals surface area contributed by atoms with Crippen molar-refractivity contribution >= 4 is 11.8 Å². The molecule has 4 aliphatic rings. The number of hydrogen-bond acceptors (Lipinski definition) is 7. The molecule has 0 aromatic carbocycles. The smallest absolute Gasteiger partial charge is 0.302 e. The number of aliphatic hydroxyl groups excluding tert-OH is 2. The van der Waals surface area contributed by atoms with E-state index in [0.29, 0.717) is 5.57 Å². The number of esters is 1. The maximum atomic E-state index is 14.0. The average molecular weight is 406 g/mol. The molecule has 1 spiro atoms. The molecular weight excluding hydrogens is 376 g/mol. The lowest BCUT2D eigenvalue weighted by atomic mass is 9.59. The van der Waals surface area contributed by atoms with Crippen molar-refractivity contribution in [2.24, 2.45) is 28.6 Å². The van der Waals surface area contributed by atoms with E-state index in [1.807, 2.05) is 13.8 Å². The van der Waals surface area contributed by atoms with Crippen LogP contribution >= 0.6 is 0 Å². The van der Waals surface area contributed by atoms with Crippen LogP contribution in [0.1, 0.15) is 41.0 Å². The SMILES string of the molecule is CC(=O)OCC1=C[C@@H]2C(=O)C3(C=C(C)[C@H](O)[C@@]3(O)[C@@H]1O)C(C)C[C@]1(O)[C@H]2C1(C)C. The number of fused-ring (bicyclic) bond motifs is 3. The van der Waals surface area contributed by atoms with Gasteiger partial charge in [-0.15, -0.1) is 0 Å². The first-order chi connectivity index (χ1) is 13.3. The molecule has 0 amide bonds. The van der Waals surface area contributed by atoms with Gasteiger partial charge in [0, 0.05) is 24.2 Å². The number of ether oxygens (including phenoxy) is 1. The van der Waals surface area contributed by atoms with E-state index in [0.717, 1.165) is 0 Å². The number of hydrogen-bond donors (Lipinski definition) is 4. The van der Waals surface area contributed by atoms with Crippen molar-refractivity contribution in [1.82, 2.24) is 0 Å². The van der Waals surface area contributed by atoms with E-state index in [4.69, 9.17) is 4.74 Å². The number of ketones is 1. The third-order valence-corrected chi connectivity index (χ3v) is 8.36. The lowest BCUT2D eigenvalue weighted by molar-refractivity contribution is -0.191. The Bertz CT molecular complexity index is 857. The second-order valence-corrected chi connectivity index (χ2v) is 10.0. The van der Waals surface area contributed by atoms with E-state index in [2.05, 4.69) is 0 Å². The minimum absolute atomic E-state index is 0.171. The topological polar surface area (TPSA) is 124 Å². The Morgan fingerprint density at radius 2 is 1.86 bits per heavy atom. The lowest BCUT2D eigenvalue weighted by Gasteiger charge is -2.48. The Kier molecular flexibility index (Phi) is 4.13. The molecule has 0 aromatic heterocycles. The predicted octanol–water partition coefficient (Wildman–Crippen LogP) is 0.501. The summed E-state index contributed by atoms with van der Waals surface area (Å²) in [6, 6.07) is 0. The molecule has 4 N–H and O–H groups in total. The minimum atomic E-state index is -2.20. The molecule has 7 nitrogen and oxygen atoms in total. The molecule has 8 atom stereocenters. The van der Waals surface area contributed by atoms with Gasteiger partial charge < -0.3 is 25.2 Å². The molecule has 29 heavy (non-hydrogen) atoms. The van der Waals surface area contributed by atoms with Gasteiger partial charge >= 0.3 is 5.97 Å². The fraction of sp³-hybridized carbons (Fsp3) is 0.727. The molecule has 160 valence electrons. The van der Waals surface area contributed by atoms with Crippen LogP contribution in [0.2, 0.25) is 0 Å². The zero-order valence-corrected chi connectivity index (χ0v) is 17.5. The van der Waals surface area contributed by atoms with Gasteiger partial charge in [-0.05, 0) is 30.4 Å². The van der Waals surface area contributed by atoms with Gasteiger partial charge in [0.15, 0.2) is 5.78 Å². The highest BCUT2D eigenvalue weighted by Crippen LogP contribution is 2.73. The van der Waals surface area contributed by atoms with Gasteiger partial charge in [-0.2, -0.15) is 0 Å². The summed E-state index contributed by atoms with van der Waals surface area (Å²) in [7, 11) is 0. The number of carbonyl (C=O) groups is 2. The Hall–Kier alpha value is -1.54. The van der Waals surface area contributed by atoms with E-state index in [1.54, 1.807) is 26.0 Å². The maximum Gasteiger partial charge on any atom is 0.302 e. The summed E-state index contributed by atoms with van der Waals surface area (Å²) in [5.41, 5.74) is -4.79. The molecular formula is C22H30O7. The van der Waals surface area contributed by atoms with Crippen LogP contribution in [0.25, 0.3) is 0 Å². The van der Waals surface area contributed by atoms with Crippen molar-refractivity contribution in [3.8, 4) is 0 Å². The van der Waals surface area contributed by atoms with E-state index >= 15 is 0 Å². The van der Waals surface area contributed by atoms with Crippen molar-refractivity contribution in [1.29, 1.82) is 0 Å². The molecule has 0 saturated heterocycles. The van der Waals surface area contributed by atoms with Crippen LogP contribution < -0.4 is 0 Å². The zero-order chi connectivity index (χ0) is 21.7. The van der Waals surface area contributed by atoms with Crippen LogP contribution in [0.15, 0.2) is 23.3 Å². The third-order valence-electron chi connectivity index (χ3n) is 8.36. The normalized spacial score (nSPS) is 49.8. The van der Waals surface area contributed by atoms with Gasteiger partial charge in [-0.3, -0.25) is 9.59 Å². The van der Waals surface area contributed by atoms with Crippen LogP contribution in [0.5, 0.6) is 0 Å². The molecule has 2 bridgehead atoms. The maximum absolute atomic E-state index is 14.0. The predicted molar refractivity (Wildman–Crippen MR) is 102 cm³/mol. The van der Waals surface area contributed by atoms with E-state index < -0.39 is 58.0 Å². The van der Waals surface area contributed by atoms with Gasteiger partial charge in [0.25, 0.3) is 0 Å². The van der Waals surface area contributed by atoms with Gasteiger partial charge in [-0.1, -0.05) is 32.9 Å². The average Bonchev–Trinajstić information content (AvgIpc) is 3.00. The Labute approximate surface area is 170 Å². The Morgan fingerprint density at radius 3 is 2.45 bits per heavy atom. The first-order valence-corrected chi connectivity index (χ1v) is 10.1. The van der Waals surface area contributed by atoms with Gasteiger partial charge in [0.2, 0.25) is 0 Å². The summed E-state index contributed by atoms with van der Waals surface area (Å²) in [6.45, 7) is 8.15. The molecule has 4 rings (SSSR count). The van der Waals surface area contributed by atoms with Crippen LogP contribution in [0.4, 0.5) is 0 Å². The molecule has 2 saturated carbocycles. The number of rotatable bonds is 2. The number of aliphatic hydroxyl groups is 4. The van der Waals surface area contributed by atoms with E-state index in [1.165, 1.54) is 6.92 Å². The fourth-order valence-corrected chi connectivity index (χ4v) is 6.70. The van der Waals surface area contributed by atoms with Crippen molar-refractivity contribution in [2.45, 2.75) is 64.4 Å². The quantitative estimate of drug-likeness (QED) is 0.389. The molecule has 0 radical (unpaired) electrons. The van der Waals surface area contributed by atoms with Crippen LogP contribution in [-0.2, 0) is 14.3 Å². The summed E-state index contributed by atoms with van der Waals surface area (Å²) < 4.78 is 5.08. The summed E-state index contributed by atoms with van der Waals surface area (Å²) >= 11 is 0. The van der Waals surface area contributed by atoms with Gasteiger partial charge in [0.1, 0.15) is 24.4 Å². The molecule has 2 unspecified atom stereocenters. The van der Waals surface area contributed by atoms with Crippen molar-refractivity contribution in [2.75, 3.05) is 6.61 Å². The second-order valence-electron chi connectivity index (χ2n) is 10.0. The van der Waals surface area contributed by atoms with Crippen molar-refractivity contribution in [3.63, 3.8) is 0 Å². The summed E-state index contributed by atoms with van der Waals surface area (Å²) in [5, 5.41) is 45.3. The summed E-state index contributed by atoms with van der Waals surface area (Å²) in [5.74, 6) is -2.57. The third kappa shape index (κ3) is 2.17. The van der Waals surface area contributed by atoms with E-state index in [9.17, 15) is 30.0 Å². The fourth-order valence-electron chi connectivity index (χ4n) is 6.70.